The lowest BCUT2D eigenvalue weighted by molar-refractivity contribution is -0.139. The molecule has 2 amide bonds. The second-order valence-corrected chi connectivity index (χ2v) is 9.01. The minimum absolute atomic E-state index is 0.000489. The van der Waals surface area contributed by atoms with Crippen molar-refractivity contribution in [1.82, 2.24) is 10.2 Å². The van der Waals surface area contributed by atoms with E-state index in [1.54, 1.807) is 4.90 Å². The number of hydrogen-bond donors (Lipinski definition) is 1. The van der Waals surface area contributed by atoms with Gasteiger partial charge in [-0.15, -0.1) is 11.8 Å². The molecule has 1 N–H and O–H groups in total. The Morgan fingerprint density at radius 3 is 2.40 bits per heavy atom. The number of aryl methyl sites for hydroxylation is 1. The minimum atomic E-state index is -0.450. The first-order valence-electron chi connectivity index (χ1n) is 10.9. The Balaban J connectivity index is 1.76. The first kappa shape index (κ1) is 22.4. The molecular weight excluding hydrogens is 392 g/mol. The molecule has 0 heterocycles. The standard InChI is InChI=1S/C25H32N2O2S/c1-3-23(25(29)26-21-13-9-10-14-21)27(17-20-12-8-7-11-19(20)2)24(28)18-30-22-15-5-4-6-16-22/h4-8,11-12,15-16,21,23H,3,9-10,13-14,17-18H2,1-2H3,(H,26,29)/t23-/m1/s1. The molecule has 1 aliphatic rings. The molecule has 2 aromatic carbocycles. The fraction of sp³-hybridized carbons (Fsp3) is 0.440. The van der Waals surface area contributed by atoms with Gasteiger partial charge in [0.1, 0.15) is 6.04 Å². The van der Waals surface area contributed by atoms with Crippen LogP contribution in [0.5, 0.6) is 0 Å². The van der Waals surface area contributed by atoms with Gasteiger partial charge in [0.15, 0.2) is 0 Å². The zero-order chi connectivity index (χ0) is 21.3. The van der Waals surface area contributed by atoms with Gasteiger partial charge in [-0.3, -0.25) is 9.59 Å². The molecule has 1 saturated carbocycles. The number of thioether (sulfide) groups is 1. The predicted octanol–water partition coefficient (Wildman–Crippen LogP) is 4.95. The van der Waals surface area contributed by atoms with Gasteiger partial charge in [0.25, 0.3) is 0 Å². The van der Waals surface area contributed by atoms with Gasteiger partial charge in [0.05, 0.1) is 5.75 Å². The summed E-state index contributed by atoms with van der Waals surface area (Å²) in [5.74, 6) is 0.305. The first-order valence-corrected chi connectivity index (χ1v) is 11.9. The van der Waals surface area contributed by atoms with Crippen LogP contribution in [0.15, 0.2) is 59.5 Å². The van der Waals surface area contributed by atoms with E-state index in [9.17, 15) is 9.59 Å². The maximum absolute atomic E-state index is 13.3. The molecule has 4 nitrogen and oxygen atoms in total. The third-order valence-electron chi connectivity index (χ3n) is 5.79. The van der Waals surface area contributed by atoms with Crippen molar-refractivity contribution >= 4 is 23.6 Å². The fourth-order valence-corrected chi connectivity index (χ4v) is 4.81. The van der Waals surface area contributed by atoms with Crippen molar-refractivity contribution in [1.29, 1.82) is 0 Å². The van der Waals surface area contributed by atoms with Crippen LogP contribution >= 0.6 is 11.8 Å². The largest absolute Gasteiger partial charge is 0.352 e. The Morgan fingerprint density at radius 1 is 1.07 bits per heavy atom. The van der Waals surface area contributed by atoms with Crippen molar-refractivity contribution in [3.63, 3.8) is 0 Å². The van der Waals surface area contributed by atoms with Crippen molar-refractivity contribution in [3.8, 4) is 0 Å². The molecule has 30 heavy (non-hydrogen) atoms. The monoisotopic (exact) mass is 424 g/mol. The average Bonchev–Trinajstić information content (AvgIpc) is 3.27. The second kappa shape index (κ2) is 11.2. The Labute approximate surface area is 184 Å². The highest BCUT2D eigenvalue weighted by molar-refractivity contribution is 8.00. The molecule has 1 atom stereocenters. The molecule has 1 fully saturated rings. The molecule has 0 saturated heterocycles. The molecule has 3 rings (SSSR count). The van der Waals surface area contributed by atoms with E-state index in [2.05, 4.69) is 18.3 Å². The van der Waals surface area contributed by atoms with Crippen molar-refractivity contribution in [2.24, 2.45) is 0 Å². The summed E-state index contributed by atoms with van der Waals surface area (Å²) in [6.45, 7) is 4.50. The summed E-state index contributed by atoms with van der Waals surface area (Å²) in [5, 5.41) is 3.20. The summed E-state index contributed by atoms with van der Waals surface area (Å²) >= 11 is 1.52. The third kappa shape index (κ3) is 6.11. The maximum atomic E-state index is 13.3. The van der Waals surface area contributed by atoms with Crippen LogP contribution in [0.3, 0.4) is 0 Å². The second-order valence-electron chi connectivity index (χ2n) is 7.96. The maximum Gasteiger partial charge on any atom is 0.243 e. The van der Waals surface area contributed by atoms with Gasteiger partial charge in [-0.1, -0.05) is 62.2 Å². The third-order valence-corrected chi connectivity index (χ3v) is 6.79. The molecular formula is C25H32N2O2S. The van der Waals surface area contributed by atoms with Crippen LogP contribution in [-0.2, 0) is 16.1 Å². The van der Waals surface area contributed by atoms with Gasteiger partial charge < -0.3 is 10.2 Å². The van der Waals surface area contributed by atoms with Gasteiger partial charge in [-0.2, -0.15) is 0 Å². The van der Waals surface area contributed by atoms with Gasteiger partial charge in [0.2, 0.25) is 11.8 Å². The molecule has 5 heteroatoms. The number of hydrogen-bond acceptors (Lipinski definition) is 3. The van der Waals surface area contributed by atoms with Crippen LogP contribution < -0.4 is 5.32 Å². The number of rotatable bonds is 9. The Hall–Kier alpha value is -2.27. The van der Waals surface area contributed by atoms with Crippen LogP contribution in [-0.4, -0.2) is 34.6 Å². The lowest BCUT2D eigenvalue weighted by Gasteiger charge is -2.32. The van der Waals surface area contributed by atoms with E-state index in [0.717, 1.165) is 28.9 Å². The van der Waals surface area contributed by atoms with E-state index in [0.29, 0.717) is 18.7 Å². The predicted molar refractivity (Wildman–Crippen MR) is 123 cm³/mol. The molecule has 0 unspecified atom stereocenters. The van der Waals surface area contributed by atoms with E-state index < -0.39 is 6.04 Å². The van der Waals surface area contributed by atoms with Crippen LogP contribution in [0.4, 0.5) is 0 Å². The number of carbonyl (C=O) groups is 2. The van der Waals surface area contributed by atoms with Crippen molar-refractivity contribution in [2.75, 3.05) is 5.75 Å². The number of amides is 2. The number of nitrogens with one attached hydrogen (secondary N) is 1. The van der Waals surface area contributed by atoms with E-state index in [1.807, 2.05) is 55.5 Å². The molecule has 0 radical (unpaired) electrons. The van der Waals surface area contributed by atoms with E-state index in [-0.39, 0.29) is 17.9 Å². The quantitative estimate of drug-likeness (QED) is 0.579. The zero-order valence-corrected chi connectivity index (χ0v) is 18.8. The van der Waals surface area contributed by atoms with E-state index >= 15 is 0 Å². The SMILES string of the molecule is CC[C@H](C(=O)NC1CCCC1)N(Cc1ccccc1C)C(=O)CSc1ccccc1. The highest BCUT2D eigenvalue weighted by Gasteiger charge is 2.30. The van der Waals surface area contributed by atoms with Crippen molar-refractivity contribution in [3.05, 3.63) is 65.7 Å². The fourth-order valence-electron chi connectivity index (χ4n) is 4.00. The first-order chi connectivity index (χ1) is 14.6. The van der Waals surface area contributed by atoms with Crippen LogP contribution in [0.1, 0.15) is 50.2 Å². The van der Waals surface area contributed by atoms with Crippen molar-refractivity contribution in [2.45, 2.75) is 69.5 Å². The summed E-state index contributed by atoms with van der Waals surface area (Å²) in [7, 11) is 0. The summed E-state index contributed by atoms with van der Waals surface area (Å²) in [6, 6.07) is 17.8. The number of nitrogens with zero attached hydrogens (tertiary/aromatic N) is 1. The van der Waals surface area contributed by atoms with E-state index in [4.69, 9.17) is 0 Å². The van der Waals surface area contributed by atoms with Gasteiger partial charge >= 0.3 is 0 Å². The Bertz CT molecular complexity index is 834. The van der Waals surface area contributed by atoms with Crippen LogP contribution in [0.2, 0.25) is 0 Å². The topological polar surface area (TPSA) is 49.4 Å². The molecule has 2 aromatic rings. The van der Waals surface area contributed by atoms with Crippen molar-refractivity contribution < 1.29 is 9.59 Å². The number of benzene rings is 2. The van der Waals surface area contributed by atoms with Crippen LogP contribution in [0, 0.1) is 6.92 Å². The lowest BCUT2D eigenvalue weighted by atomic mass is 10.1. The van der Waals surface area contributed by atoms with Crippen LogP contribution in [0.25, 0.3) is 0 Å². The highest BCUT2D eigenvalue weighted by Crippen LogP contribution is 2.22. The minimum Gasteiger partial charge on any atom is -0.352 e. The van der Waals surface area contributed by atoms with Gasteiger partial charge in [-0.25, -0.2) is 0 Å². The Morgan fingerprint density at radius 2 is 1.73 bits per heavy atom. The average molecular weight is 425 g/mol. The molecule has 0 spiro atoms. The highest BCUT2D eigenvalue weighted by atomic mass is 32.2. The summed E-state index contributed by atoms with van der Waals surface area (Å²) < 4.78 is 0. The molecule has 160 valence electrons. The summed E-state index contributed by atoms with van der Waals surface area (Å²) in [6.07, 6.45) is 5.02. The number of carbonyl (C=O) groups excluding carboxylic acids is 2. The smallest absolute Gasteiger partial charge is 0.243 e. The normalized spacial score (nSPS) is 15.0. The molecule has 0 bridgehead atoms. The summed E-state index contributed by atoms with van der Waals surface area (Å²) in [5.41, 5.74) is 2.22. The van der Waals surface area contributed by atoms with Gasteiger partial charge in [0, 0.05) is 17.5 Å². The van der Waals surface area contributed by atoms with Gasteiger partial charge in [-0.05, 0) is 49.4 Å². The summed E-state index contributed by atoms with van der Waals surface area (Å²) in [4.78, 5) is 29.3. The molecule has 0 aliphatic heterocycles. The molecule has 0 aromatic heterocycles. The van der Waals surface area contributed by atoms with E-state index in [1.165, 1.54) is 24.6 Å². The lowest BCUT2D eigenvalue weighted by Crippen LogP contribution is -2.51. The molecule has 1 aliphatic carbocycles. The zero-order valence-electron chi connectivity index (χ0n) is 18.0. The Kier molecular flexibility index (Phi) is 8.38.